The Balaban J connectivity index is 1.94. The fourth-order valence-corrected chi connectivity index (χ4v) is 2.21. The molecule has 0 atom stereocenters. The number of carbonyl (C=O) groups is 2. The van der Waals surface area contributed by atoms with E-state index < -0.39 is 5.91 Å². The van der Waals surface area contributed by atoms with E-state index in [0.717, 1.165) is 5.69 Å². The third kappa shape index (κ3) is 2.21. The predicted molar refractivity (Wildman–Crippen MR) is 73.3 cm³/mol. The topological polar surface area (TPSA) is 84.0 Å². The SMILES string of the molecule is Cc1cc(Nc2ccc3c(c2)C(=O)NC3=O)nc(Cl)n1. The molecule has 7 heteroatoms. The summed E-state index contributed by atoms with van der Waals surface area (Å²) < 4.78 is 0. The van der Waals surface area contributed by atoms with Crippen LogP contribution in [-0.2, 0) is 0 Å². The van der Waals surface area contributed by atoms with Gasteiger partial charge in [-0.15, -0.1) is 0 Å². The van der Waals surface area contributed by atoms with Crippen molar-refractivity contribution in [2.45, 2.75) is 6.92 Å². The predicted octanol–water partition coefficient (Wildman–Crippen LogP) is 2.07. The Labute approximate surface area is 119 Å². The summed E-state index contributed by atoms with van der Waals surface area (Å²) in [6, 6.07) is 6.61. The summed E-state index contributed by atoms with van der Waals surface area (Å²) >= 11 is 5.78. The third-order valence-electron chi connectivity index (χ3n) is 2.84. The minimum Gasteiger partial charge on any atom is -0.340 e. The number of carbonyl (C=O) groups excluding carboxylic acids is 2. The number of aromatic nitrogens is 2. The van der Waals surface area contributed by atoms with E-state index in [9.17, 15) is 9.59 Å². The molecule has 1 aromatic heterocycles. The van der Waals surface area contributed by atoms with Crippen LogP contribution < -0.4 is 10.6 Å². The Morgan fingerprint density at radius 1 is 1.10 bits per heavy atom. The largest absolute Gasteiger partial charge is 0.340 e. The summed E-state index contributed by atoms with van der Waals surface area (Å²) in [7, 11) is 0. The van der Waals surface area contributed by atoms with E-state index in [1.165, 1.54) is 0 Å². The molecule has 2 heterocycles. The number of aryl methyl sites for hydroxylation is 1. The van der Waals surface area contributed by atoms with E-state index in [1.807, 2.05) is 0 Å². The van der Waals surface area contributed by atoms with Crippen molar-refractivity contribution in [1.29, 1.82) is 0 Å². The second kappa shape index (κ2) is 4.57. The summed E-state index contributed by atoms with van der Waals surface area (Å²) in [4.78, 5) is 31.0. The van der Waals surface area contributed by atoms with E-state index in [4.69, 9.17) is 11.6 Å². The maximum atomic E-state index is 11.6. The van der Waals surface area contributed by atoms with Crippen LogP contribution in [0.4, 0.5) is 11.5 Å². The second-order valence-corrected chi connectivity index (χ2v) is 4.67. The summed E-state index contributed by atoms with van der Waals surface area (Å²) in [5.74, 6) is -0.254. The van der Waals surface area contributed by atoms with Crippen LogP contribution in [0.1, 0.15) is 26.4 Å². The number of halogens is 1. The first kappa shape index (κ1) is 12.6. The Hall–Kier alpha value is -2.47. The molecule has 1 aromatic carbocycles. The Morgan fingerprint density at radius 3 is 2.60 bits per heavy atom. The lowest BCUT2D eigenvalue weighted by Crippen LogP contribution is -2.19. The van der Waals surface area contributed by atoms with Crippen LogP contribution in [0.2, 0.25) is 5.28 Å². The van der Waals surface area contributed by atoms with E-state index >= 15 is 0 Å². The van der Waals surface area contributed by atoms with Crippen molar-refractivity contribution >= 4 is 34.9 Å². The molecule has 0 bridgehead atoms. The standard InChI is InChI=1S/C13H9ClN4O2/c1-6-4-10(17-13(14)15-6)16-7-2-3-8-9(5-7)12(20)18-11(8)19/h2-5H,1H3,(H,15,16,17)(H,18,19,20). The van der Waals surface area contributed by atoms with E-state index in [0.29, 0.717) is 22.6 Å². The molecule has 0 saturated carbocycles. The minimum absolute atomic E-state index is 0.140. The summed E-state index contributed by atoms with van der Waals surface area (Å²) in [6.07, 6.45) is 0. The molecule has 2 aromatic rings. The Morgan fingerprint density at radius 2 is 1.85 bits per heavy atom. The highest BCUT2D eigenvalue weighted by Crippen LogP contribution is 2.23. The second-order valence-electron chi connectivity index (χ2n) is 4.33. The van der Waals surface area contributed by atoms with Crippen LogP contribution in [0.5, 0.6) is 0 Å². The first-order chi connectivity index (χ1) is 9.52. The molecule has 0 spiro atoms. The highest BCUT2D eigenvalue weighted by molar-refractivity contribution is 6.28. The summed E-state index contributed by atoms with van der Waals surface area (Å²) in [5.41, 5.74) is 2.08. The van der Waals surface area contributed by atoms with Gasteiger partial charge in [0.1, 0.15) is 5.82 Å². The molecule has 0 unspecified atom stereocenters. The molecular weight excluding hydrogens is 280 g/mol. The molecule has 1 aliphatic rings. The molecule has 100 valence electrons. The van der Waals surface area contributed by atoms with Crippen molar-refractivity contribution in [2.24, 2.45) is 0 Å². The maximum Gasteiger partial charge on any atom is 0.259 e. The van der Waals surface area contributed by atoms with Crippen LogP contribution in [0, 0.1) is 6.92 Å². The van der Waals surface area contributed by atoms with Gasteiger partial charge in [-0.3, -0.25) is 14.9 Å². The number of hydrogen-bond acceptors (Lipinski definition) is 5. The molecule has 0 fully saturated rings. The number of fused-ring (bicyclic) bond motifs is 1. The van der Waals surface area contributed by atoms with Gasteiger partial charge in [-0.05, 0) is 36.7 Å². The average Bonchev–Trinajstić information content (AvgIpc) is 2.63. The van der Waals surface area contributed by atoms with E-state index in [1.54, 1.807) is 31.2 Å². The van der Waals surface area contributed by atoms with Crippen molar-refractivity contribution in [3.63, 3.8) is 0 Å². The lowest BCUT2D eigenvalue weighted by Gasteiger charge is -2.07. The molecule has 0 aliphatic carbocycles. The van der Waals surface area contributed by atoms with Gasteiger partial charge in [0.15, 0.2) is 0 Å². The number of hydrogen-bond donors (Lipinski definition) is 2. The number of nitrogens with one attached hydrogen (secondary N) is 2. The fraction of sp³-hybridized carbons (Fsp3) is 0.0769. The quantitative estimate of drug-likeness (QED) is 0.653. The van der Waals surface area contributed by atoms with Gasteiger partial charge >= 0.3 is 0 Å². The number of amides is 2. The summed E-state index contributed by atoms with van der Waals surface area (Å²) in [5, 5.41) is 5.40. The molecule has 0 radical (unpaired) electrons. The zero-order valence-corrected chi connectivity index (χ0v) is 11.2. The monoisotopic (exact) mass is 288 g/mol. The molecule has 2 N–H and O–H groups in total. The minimum atomic E-state index is -0.398. The average molecular weight is 289 g/mol. The molecule has 20 heavy (non-hydrogen) atoms. The van der Waals surface area contributed by atoms with Gasteiger partial charge < -0.3 is 5.32 Å². The van der Waals surface area contributed by atoms with Crippen molar-refractivity contribution < 1.29 is 9.59 Å². The van der Waals surface area contributed by atoms with Gasteiger partial charge in [0.25, 0.3) is 11.8 Å². The molecule has 6 nitrogen and oxygen atoms in total. The lowest BCUT2D eigenvalue weighted by molar-refractivity contribution is 0.0879. The fourth-order valence-electron chi connectivity index (χ4n) is 1.99. The van der Waals surface area contributed by atoms with Crippen molar-refractivity contribution in [2.75, 3.05) is 5.32 Å². The van der Waals surface area contributed by atoms with Gasteiger partial charge in [0, 0.05) is 17.4 Å². The van der Waals surface area contributed by atoms with Crippen LogP contribution in [-0.4, -0.2) is 21.8 Å². The van der Waals surface area contributed by atoms with Crippen molar-refractivity contribution in [3.05, 3.63) is 46.4 Å². The smallest absolute Gasteiger partial charge is 0.259 e. The van der Waals surface area contributed by atoms with Crippen LogP contribution >= 0.6 is 11.6 Å². The lowest BCUT2D eigenvalue weighted by atomic mass is 10.1. The maximum absolute atomic E-state index is 11.6. The molecule has 3 rings (SSSR count). The first-order valence-corrected chi connectivity index (χ1v) is 6.19. The summed E-state index contributed by atoms with van der Waals surface area (Å²) in [6.45, 7) is 1.80. The van der Waals surface area contributed by atoms with Crippen LogP contribution in [0.15, 0.2) is 24.3 Å². The number of imide groups is 1. The Kier molecular flexibility index (Phi) is 2.87. The number of benzene rings is 1. The zero-order chi connectivity index (χ0) is 14.3. The highest BCUT2D eigenvalue weighted by Gasteiger charge is 2.26. The third-order valence-corrected chi connectivity index (χ3v) is 3.00. The van der Waals surface area contributed by atoms with Crippen LogP contribution in [0.25, 0.3) is 0 Å². The highest BCUT2D eigenvalue weighted by atomic mass is 35.5. The van der Waals surface area contributed by atoms with Crippen molar-refractivity contribution in [1.82, 2.24) is 15.3 Å². The molecule has 0 saturated heterocycles. The van der Waals surface area contributed by atoms with Crippen molar-refractivity contribution in [3.8, 4) is 0 Å². The van der Waals surface area contributed by atoms with Crippen LogP contribution in [0.3, 0.4) is 0 Å². The number of rotatable bonds is 2. The normalized spacial score (nSPS) is 13.1. The van der Waals surface area contributed by atoms with Gasteiger partial charge in [0.05, 0.1) is 11.1 Å². The van der Waals surface area contributed by atoms with E-state index in [-0.39, 0.29) is 11.2 Å². The molecular formula is C13H9ClN4O2. The zero-order valence-electron chi connectivity index (χ0n) is 10.4. The van der Waals surface area contributed by atoms with Gasteiger partial charge in [-0.2, -0.15) is 0 Å². The number of nitrogens with zero attached hydrogens (tertiary/aromatic N) is 2. The van der Waals surface area contributed by atoms with Gasteiger partial charge in [-0.1, -0.05) is 0 Å². The molecule has 2 amide bonds. The van der Waals surface area contributed by atoms with Gasteiger partial charge in [0.2, 0.25) is 5.28 Å². The number of anilines is 2. The first-order valence-electron chi connectivity index (χ1n) is 5.81. The Bertz CT molecular complexity index is 725. The van der Waals surface area contributed by atoms with Gasteiger partial charge in [-0.25, -0.2) is 9.97 Å². The molecule has 1 aliphatic heterocycles. The van der Waals surface area contributed by atoms with E-state index in [2.05, 4.69) is 20.6 Å².